The van der Waals surface area contributed by atoms with Crippen LogP contribution in [0, 0.1) is 17.8 Å². The van der Waals surface area contributed by atoms with Crippen molar-refractivity contribution in [2.24, 2.45) is 17.8 Å². The minimum absolute atomic E-state index is 0.0941. The summed E-state index contributed by atoms with van der Waals surface area (Å²) in [6, 6.07) is -0.537. The summed E-state index contributed by atoms with van der Waals surface area (Å²) in [5, 5.41) is 22.4. The predicted octanol–water partition coefficient (Wildman–Crippen LogP) is 3.03. The van der Waals surface area contributed by atoms with Crippen molar-refractivity contribution in [3.63, 3.8) is 0 Å². The van der Waals surface area contributed by atoms with Gasteiger partial charge in [0.05, 0.1) is 18.1 Å². The molecule has 136 valence electrons. The van der Waals surface area contributed by atoms with Crippen LogP contribution >= 0.6 is 0 Å². The molecular weight excluding hydrogens is 298 g/mol. The zero-order valence-electron chi connectivity index (χ0n) is 15.4. The summed E-state index contributed by atoms with van der Waals surface area (Å²) < 4.78 is 5.22. The Morgan fingerprint density at radius 3 is 1.96 bits per heavy atom. The highest BCUT2D eigenvalue weighted by molar-refractivity contribution is 5.70. The maximum Gasteiger partial charge on any atom is 0.407 e. The Morgan fingerprint density at radius 2 is 1.61 bits per heavy atom. The third-order valence-electron chi connectivity index (χ3n) is 3.51. The van der Waals surface area contributed by atoms with E-state index in [1.165, 1.54) is 0 Å². The maximum atomic E-state index is 11.9. The molecule has 0 heterocycles. The highest BCUT2D eigenvalue weighted by Crippen LogP contribution is 2.21. The highest BCUT2D eigenvalue weighted by Gasteiger charge is 2.31. The molecule has 0 aliphatic heterocycles. The summed E-state index contributed by atoms with van der Waals surface area (Å²) in [6.07, 6.45) is -0.891. The first kappa shape index (κ1) is 21.7. The number of hydrogen-bond donors (Lipinski definition) is 3. The Labute approximate surface area is 139 Å². The minimum Gasteiger partial charge on any atom is -0.481 e. The molecule has 0 aliphatic rings. The lowest BCUT2D eigenvalue weighted by Crippen LogP contribution is -2.47. The molecule has 0 fully saturated rings. The average Bonchev–Trinajstić information content (AvgIpc) is 2.30. The second-order valence-electron chi connectivity index (χ2n) is 7.87. The van der Waals surface area contributed by atoms with Crippen molar-refractivity contribution in [3.05, 3.63) is 0 Å². The smallest absolute Gasteiger partial charge is 0.407 e. The van der Waals surface area contributed by atoms with Gasteiger partial charge in [-0.05, 0) is 45.4 Å². The van der Waals surface area contributed by atoms with Gasteiger partial charge in [-0.2, -0.15) is 0 Å². The van der Waals surface area contributed by atoms with Gasteiger partial charge in [0.15, 0.2) is 0 Å². The average molecular weight is 331 g/mol. The summed E-state index contributed by atoms with van der Waals surface area (Å²) in [4.78, 5) is 23.3. The zero-order valence-corrected chi connectivity index (χ0v) is 15.4. The molecule has 23 heavy (non-hydrogen) atoms. The number of carboxylic acid groups (broad SMARTS) is 1. The third-order valence-corrected chi connectivity index (χ3v) is 3.51. The molecule has 3 atom stereocenters. The molecule has 1 unspecified atom stereocenters. The van der Waals surface area contributed by atoms with E-state index in [2.05, 4.69) is 5.32 Å². The number of aliphatic hydroxyl groups is 1. The van der Waals surface area contributed by atoms with Gasteiger partial charge in [-0.1, -0.05) is 27.7 Å². The number of rotatable bonds is 8. The van der Waals surface area contributed by atoms with Gasteiger partial charge in [0.1, 0.15) is 5.60 Å². The van der Waals surface area contributed by atoms with Crippen LogP contribution in [0.1, 0.15) is 61.3 Å². The Kier molecular flexibility index (Phi) is 8.59. The third kappa shape index (κ3) is 9.43. The monoisotopic (exact) mass is 331 g/mol. The number of carbonyl (C=O) groups is 2. The molecule has 6 heteroatoms. The van der Waals surface area contributed by atoms with Crippen LogP contribution < -0.4 is 5.32 Å². The largest absolute Gasteiger partial charge is 0.481 e. The Bertz CT molecular complexity index is 387. The Balaban J connectivity index is 4.94. The summed E-state index contributed by atoms with van der Waals surface area (Å²) >= 11 is 0. The molecule has 0 rings (SSSR count). The molecule has 0 saturated heterocycles. The number of aliphatic carboxylic acids is 1. The summed E-state index contributed by atoms with van der Waals surface area (Å²) in [7, 11) is 0. The topological polar surface area (TPSA) is 95.9 Å². The number of aliphatic hydroxyl groups excluding tert-OH is 1. The van der Waals surface area contributed by atoms with Crippen LogP contribution in [0.3, 0.4) is 0 Å². The van der Waals surface area contributed by atoms with E-state index in [4.69, 9.17) is 4.74 Å². The molecule has 3 N–H and O–H groups in total. The van der Waals surface area contributed by atoms with Gasteiger partial charge < -0.3 is 20.3 Å². The van der Waals surface area contributed by atoms with Gasteiger partial charge >= 0.3 is 12.1 Å². The van der Waals surface area contributed by atoms with Gasteiger partial charge in [0, 0.05) is 0 Å². The molecule has 6 nitrogen and oxygen atoms in total. The van der Waals surface area contributed by atoms with Crippen LogP contribution in [0.2, 0.25) is 0 Å². The number of amides is 1. The van der Waals surface area contributed by atoms with Crippen LogP contribution in [-0.4, -0.2) is 40.0 Å². The number of alkyl carbamates (subject to hydrolysis) is 1. The first-order valence-corrected chi connectivity index (χ1v) is 8.23. The van der Waals surface area contributed by atoms with Crippen LogP contribution in [0.5, 0.6) is 0 Å². The molecule has 0 aromatic heterocycles. The maximum absolute atomic E-state index is 11.9. The SMILES string of the molecule is CC(C)CC(NC(=O)OC(C)(C)C)[C@@H](O)C[C@H](C(=O)O)C(C)C. The fourth-order valence-corrected chi connectivity index (χ4v) is 2.36. The van der Waals surface area contributed by atoms with Crippen molar-refractivity contribution in [2.45, 2.75) is 79.1 Å². The van der Waals surface area contributed by atoms with Crippen molar-refractivity contribution in [1.82, 2.24) is 5.32 Å². The lowest BCUT2D eigenvalue weighted by molar-refractivity contribution is -0.144. The van der Waals surface area contributed by atoms with Crippen LogP contribution in [0.4, 0.5) is 4.79 Å². The van der Waals surface area contributed by atoms with Crippen molar-refractivity contribution in [1.29, 1.82) is 0 Å². The lowest BCUT2D eigenvalue weighted by Gasteiger charge is -2.29. The van der Waals surface area contributed by atoms with Crippen molar-refractivity contribution in [2.75, 3.05) is 0 Å². The summed E-state index contributed by atoms with van der Waals surface area (Å²) in [5.74, 6) is -1.44. The quantitative estimate of drug-likeness (QED) is 0.635. The first-order valence-electron chi connectivity index (χ1n) is 8.23. The van der Waals surface area contributed by atoms with E-state index < -0.39 is 35.7 Å². The van der Waals surface area contributed by atoms with Gasteiger partial charge in [0.25, 0.3) is 0 Å². The van der Waals surface area contributed by atoms with Gasteiger partial charge in [-0.15, -0.1) is 0 Å². The van der Waals surface area contributed by atoms with Crippen molar-refractivity contribution < 1.29 is 24.5 Å². The Morgan fingerprint density at radius 1 is 1.09 bits per heavy atom. The molecule has 0 spiro atoms. The molecule has 0 aliphatic carbocycles. The van der Waals surface area contributed by atoms with Gasteiger partial charge in [-0.25, -0.2) is 4.79 Å². The molecule has 0 bridgehead atoms. The molecule has 0 aromatic carbocycles. The molecule has 0 aromatic rings. The van der Waals surface area contributed by atoms with Gasteiger partial charge in [0.2, 0.25) is 0 Å². The molecule has 0 saturated carbocycles. The van der Waals surface area contributed by atoms with E-state index in [1.807, 2.05) is 27.7 Å². The standard InChI is InChI=1S/C17H33NO5/c1-10(2)8-13(18-16(22)23-17(5,6)7)14(19)9-12(11(3)4)15(20)21/h10-14,19H,8-9H2,1-7H3,(H,18,22)(H,20,21)/t12-,13?,14-/m0/s1. The van der Waals surface area contributed by atoms with E-state index in [-0.39, 0.29) is 18.3 Å². The fourth-order valence-electron chi connectivity index (χ4n) is 2.36. The van der Waals surface area contributed by atoms with E-state index >= 15 is 0 Å². The summed E-state index contributed by atoms with van der Waals surface area (Å²) in [6.45, 7) is 12.9. The van der Waals surface area contributed by atoms with E-state index in [0.717, 1.165) is 0 Å². The first-order chi connectivity index (χ1) is 10.3. The predicted molar refractivity (Wildman–Crippen MR) is 89.2 cm³/mol. The van der Waals surface area contributed by atoms with Crippen LogP contribution in [0.15, 0.2) is 0 Å². The van der Waals surface area contributed by atoms with E-state index in [9.17, 15) is 19.8 Å². The number of carboxylic acids is 1. The Hall–Kier alpha value is -1.30. The zero-order chi connectivity index (χ0) is 18.4. The van der Waals surface area contributed by atoms with Crippen molar-refractivity contribution in [3.8, 4) is 0 Å². The number of ether oxygens (including phenoxy) is 1. The van der Waals surface area contributed by atoms with E-state index in [0.29, 0.717) is 6.42 Å². The fraction of sp³-hybridized carbons (Fsp3) is 0.882. The highest BCUT2D eigenvalue weighted by atomic mass is 16.6. The van der Waals surface area contributed by atoms with Crippen LogP contribution in [0.25, 0.3) is 0 Å². The summed E-state index contributed by atoms with van der Waals surface area (Å²) in [5.41, 5.74) is -0.626. The second kappa shape index (κ2) is 9.11. The molecule has 1 amide bonds. The number of hydrogen-bond acceptors (Lipinski definition) is 4. The molecule has 0 radical (unpaired) electrons. The lowest BCUT2D eigenvalue weighted by atomic mass is 9.86. The van der Waals surface area contributed by atoms with Gasteiger partial charge in [-0.3, -0.25) is 4.79 Å². The molecular formula is C17H33NO5. The van der Waals surface area contributed by atoms with E-state index in [1.54, 1.807) is 20.8 Å². The normalized spacial score (nSPS) is 16.1. The number of nitrogens with one attached hydrogen (secondary N) is 1. The van der Waals surface area contributed by atoms with Crippen molar-refractivity contribution >= 4 is 12.1 Å². The minimum atomic E-state index is -0.937. The second-order valence-corrected chi connectivity index (χ2v) is 7.87. The number of carbonyl (C=O) groups excluding carboxylic acids is 1. The van der Waals surface area contributed by atoms with Crippen LogP contribution in [-0.2, 0) is 9.53 Å².